The number of aromatic nitrogens is 4. The highest BCUT2D eigenvalue weighted by molar-refractivity contribution is 5.96. The highest BCUT2D eigenvalue weighted by atomic mass is 16.4. The van der Waals surface area contributed by atoms with Crippen LogP contribution in [0.1, 0.15) is 40.7 Å². The van der Waals surface area contributed by atoms with Gasteiger partial charge < -0.3 is 14.2 Å². The zero-order valence-electron chi connectivity index (χ0n) is 23.8. The second-order valence-corrected chi connectivity index (χ2v) is 10.2. The molecule has 0 aliphatic carbocycles. The lowest BCUT2D eigenvalue weighted by molar-refractivity contribution is 0.0697. The summed E-state index contributed by atoms with van der Waals surface area (Å²) in [6.45, 7) is 4.98. The SMILES string of the molecule is CCCc1nc2c(C)cc(-c3nc4ccccc4n3C)cc2n1Cc1ccc(-c2ccccc2C(=O)O)cc1.N=[N+]=N. The van der Waals surface area contributed by atoms with Crippen LogP contribution in [-0.2, 0) is 20.0 Å². The average Bonchev–Trinajstić information content (AvgIpc) is 3.51. The third-order valence-electron chi connectivity index (χ3n) is 7.41. The first-order chi connectivity index (χ1) is 20.4. The van der Waals surface area contributed by atoms with E-state index < -0.39 is 5.97 Å². The zero-order valence-corrected chi connectivity index (χ0v) is 23.8. The van der Waals surface area contributed by atoms with E-state index in [0.29, 0.717) is 12.1 Å². The summed E-state index contributed by atoms with van der Waals surface area (Å²) in [7, 11) is 2.06. The first-order valence-electron chi connectivity index (χ1n) is 13.7. The predicted molar refractivity (Wildman–Crippen MR) is 164 cm³/mol. The van der Waals surface area contributed by atoms with Crippen LogP contribution < -0.4 is 4.91 Å². The van der Waals surface area contributed by atoms with Gasteiger partial charge in [-0.25, -0.2) is 14.8 Å². The quantitative estimate of drug-likeness (QED) is 0.139. The van der Waals surface area contributed by atoms with Gasteiger partial charge in [-0.2, -0.15) is 0 Å². The van der Waals surface area contributed by atoms with Crippen LogP contribution in [0.25, 0.3) is 44.6 Å². The maximum Gasteiger partial charge on any atom is 0.336 e. The van der Waals surface area contributed by atoms with Crippen LogP contribution in [0.2, 0.25) is 0 Å². The lowest BCUT2D eigenvalue weighted by Gasteiger charge is -2.12. The Balaban J connectivity index is 0.00000113. The Hall–Kier alpha value is -5.40. The fraction of sp³-hybridized carbons (Fsp3) is 0.182. The van der Waals surface area contributed by atoms with Crippen molar-refractivity contribution in [1.82, 2.24) is 24.0 Å². The van der Waals surface area contributed by atoms with Crippen molar-refractivity contribution in [1.29, 1.82) is 11.1 Å². The number of hydrogen-bond acceptors (Lipinski definition) is 5. The molecule has 0 fully saturated rings. The molecule has 0 unspecified atom stereocenters. The molecule has 9 heteroatoms. The van der Waals surface area contributed by atoms with Gasteiger partial charge in [0.1, 0.15) is 22.7 Å². The van der Waals surface area contributed by atoms with E-state index in [1.165, 1.54) is 0 Å². The van der Waals surface area contributed by atoms with Crippen molar-refractivity contribution in [2.24, 2.45) is 7.05 Å². The number of rotatable bonds is 7. The van der Waals surface area contributed by atoms with Crippen molar-refractivity contribution in [2.75, 3.05) is 0 Å². The van der Waals surface area contributed by atoms with E-state index in [1.54, 1.807) is 12.1 Å². The molecule has 0 radical (unpaired) electrons. The number of carbonyl (C=O) groups is 1. The highest BCUT2D eigenvalue weighted by Gasteiger charge is 2.17. The molecule has 0 amide bonds. The maximum absolute atomic E-state index is 11.7. The Labute approximate surface area is 243 Å². The van der Waals surface area contributed by atoms with Gasteiger partial charge in [-0.15, -0.1) is 0 Å². The van der Waals surface area contributed by atoms with E-state index in [1.807, 2.05) is 47.4 Å². The molecule has 0 atom stereocenters. The number of imidazole rings is 2. The molecule has 6 rings (SSSR count). The van der Waals surface area contributed by atoms with Gasteiger partial charge in [-0.1, -0.05) is 61.5 Å². The molecule has 0 saturated heterocycles. The Morgan fingerprint density at radius 3 is 2.29 bits per heavy atom. The molecule has 42 heavy (non-hydrogen) atoms. The third kappa shape index (κ3) is 5.33. The molecule has 2 heterocycles. The summed E-state index contributed by atoms with van der Waals surface area (Å²) < 4.78 is 4.47. The number of aryl methyl sites for hydroxylation is 3. The smallest absolute Gasteiger partial charge is 0.336 e. The van der Waals surface area contributed by atoms with Gasteiger partial charge >= 0.3 is 5.97 Å². The zero-order chi connectivity index (χ0) is 29.8. The van der Waals surface area contributed by atoms with Gasteiger partial charge in [0.2, 0.25) is 4.91 Å². The van der Waals surface area contributed by atoms with E-state index in [-0.39, 0.29) is 0 Å². The van der Waals surface area contributed by atoms with Crippen molar-refractivity contribution in [3.8, 4) is 22.5 Å². The largest absolute Gasteiger partial charge is 0.478 e. The third-order valence-corrected chi connectivity index (χ3v) is 7.41. The van der Waals surface area contributed by atoms with E-state index in [4.69, 9.17) is 21.0 Å². The normalized spacial score (nSPS) is 10.8. The van der Waals surface area contributed by atoms with Crippen LogP contribution in [0.5, 0.6) is 0 Å². The summed E-state index contributed by atoms with van der Waals surface area (Å²) in [6.07, 6.45) is 1.89. The monoisotopic (exact) mass is 558 g/mol. The lowest BCUT2D eigenvalue weighted by atomic mass is 9.98. The van der Waals surface area contributed by atoms with Crippen molar-refractivity contribution < 1.29 is 9.90 Å². The number of carboxylic acids is 1. The summed E-state index contributed by atoms with van der Waals surface area (Å²) in [4.78, 5) is 23.7. The Morgan fingerprint density at radius 1 is 0.905 bits per heavy atom. The standard InChI is InChI=1S/C33H30N4O2.H2N3/c1-4-9-30-35-31-21(2)18-24(32-34-27-12-7-8-13-28(27)36(32)3)19-29(31)37(30)20-22-14-16-23(17-15-22)25-10-5-6-11-26(25)33(38)39;1-3-2/h5-8,10-19H,4,9,20H2,1-3H3,(H,38,39);1-2H/q;+1. The molecule has 0 aliphatic rings. The van der Waals surface area contributed by atoms with Crippen LogP contribution in [0.3, 0.4) is 0 Å². The number of para-hydroxylation sites is 2. The van der Waals surface area contributed by atoms with Gasteiger partial charge in [0, 0.05) is 25.6 Å². The van der Waals surface area contributed by atoms with E-state index in [9.17, 15) is 9.90 Å². The topological polar surface area (TPSA) is 135 Å². The molecule has 0 aliphatic heterocycles. The van der Waals surface area contributed by atoms with E-state index >= 15 is 0 Å². The van der Waals surface area contributed by atoms with Crippen molar-refractivity contribution >= 4 is 28.0 Å². The molecule has 9 nitrogen and oxygen atoms in total. The Kier molecular flexibility index (Phi) is 8.04. The van der Waals surface area contributed by atoms with Crippen LogP contribution in [0.15, 0.2) is 84.9 Å². The summed E-state index contributed by atoms with van der Waals surface area (Å²) in [5.41, 5.74) is 20.5. The molecular weight excluding hydrogens is 526 g/mol. The van der Waals surface area contributed by atoms with Gasteiger partial charge in [-0.3, -0.25) is 0 Å². The van der Waals surface area contributed by atoms with Crippen LogP contribution in [0, 0.1) is 18.0 Å². The number of nitrogens with zero attached hydrogens (tertiary/aromatic N) is 5. The number of fused-ring (bicyclic) bond motifs is 2. The molecule has 4 aromatic carbocycles. The molecule has 0 spiro atoms. The molecule has 3 N–H and O–H groups in total. The molecular formula is C33H32N7O2+. The molecule has 0 saturated carbocycles. The Morgan fingerprint density at radius 2 is 1.60 bits per heavy atom. The highest BCUT2D eigenvalue weighted by Crippen LogP contribution is 2.31. The predicted octanol–water partition coefficient (Wildman–Crippen LogP) is 7.38. The second kappa shape index (κ2) is 12.0. The minimum Gasteiger partial charge on any atom is -0.478 e. The number of aromatic carboxylic acids is 1. The summed E-state index contributed by atoms with van der Waals surface area (Å²) >= 11 is 0. The van der Waals surface area contributed by atoms with Gasteiger partial charge in [-0.05, 0) is 65.9 Å². The van der Waals surface area contributed by atoms with Gasteiger partial charge in [0.15, 0.2) is 0 Å². The van der Waals surface area contributed by atoms with Crippen molar-refractivity contribution in [2.45, 2.75) is 33.2 Å². The maximum atomic E-state index is 11.7. The van der Waals surface area contributed by atoms with Crippen LogP contribution >= 0.6 is 0 Å². The summed E-state index contributed by atoms with van der Waals surface area (Å²) in [5.74, 6) is 1.08. The van der Waals surface area contributed by atoms with E-state index in [0.717, 1.165) is 74.4 Å². The molecule has 210 valence electrons. The lowest BCUT2D eigenvalue weighted by Crippen LogP contribution is -2.05. The second-order valence-electron chi connectivity index (χ2n) is 10.2. The van der Waals surface area contributed by atoms with Gasteiger partial charge in [0.05, 0.1) is 27.6 Å². The number of benzene rings is 4. The van der Waals surface area contributed by atoms with Crippen LogP contribution in [-0.4, -0.2) is 30.2 Å². The van der Waals surface area contributed by atoms with E-state index in [2.05, 4.69) is 60.4 Å². The fourth-order valence-corrected chi connectivity index (χ4v) is 5.46. The molecule has 6 aromatic rings. The minimum absolute atomic E-state index is 0.307. The average molecular weight is 559 g/mol. The molecule has 2 aromatic heterocycles. The first-order valence-corrected chi connectivity index (χ1v) is 13.7. The first kappa shape index (κ1) is 28.1. The Bertz CT molecular complexity index is 1950. The van der Waals surface area contributed by atoms with Gasteiger partial charge in [0.25, 0.3) is 0 Å². The minimum atomic E-state index is -0.921. The van der Waals surface area contributed by atoms with Crippen molar-refractivity contribution in [3.63, 3.8) is 0 Å². The number of carboxylic acid groups (broad SMARTS) is 1. The molecule has 0 bridgehead atoms. The van der Waals surface area contributed by atoms with Crippen molar-refractivity contribution in [3.05, 3.63) is 107 Å². The fourth-order valence-electron chi connectivity index (χ4n) is 5.46. The van der Waals surface area contributed by atoms with Crippen LogP contribution in [0.4, 0.5) is 0 Å². The summed E-state index contributed by atoms with van der Waals surface area (Å²) in [5, 5.41) is 9.60. The number of nitrogens with one attached hydrogen (secondary N) is 2. The summed E-state index contributed by atoms with van der Waals surface area (Å²) in [6, 6.07) is 27.9. The number of hydrogen-bond donors (Lipinski definition) is 3.